The predicted molar refractivity (Wildman–Crippen MR) is 110 cm³/mol. The third-order valence-electron chi connectivity index (χ3n) is 5.01. The molecule has 2 aliphatic heterocycles. The quantitative estimate of drug-likeness (QED) is 0.832. The first-order valence-corrected chi connectivity index (χ1v) is 10.1. The summed E-state index contributed by atoms with van der Waals surface area (Å²) in [6.45, 7) is 2.87. The Hall–Kier alpha value is -2.52. The van der Waals surface area contributed by atoms with E-state index in [0.717, 1.165) is 36.2 Å². The number of aromatic nitrogens is 2. The number of allylic oxidation sites excluding steroid dienone is 1. The number of nitrogens with zero attached hydrogens (tertiary/aromatic N) is 4. The van der Waals surface area contributed by atoms with Gasteiger partial charge >= 0.3 is 6.03 Å². The minimum atomic E-state index is -0.129. The summed E-state index contributed by atoms with van der Waals surface area (Å²) in [5.41, 5.74) is 2.85. The van der Waals surface area contributed by atoms with E-state index >= 15 is 0 Å². The summed E-state index contributed by atoms with van der Waals surface area (Å²) in [5, 5.41) is 3.49. The van der Waals surface area contributed by atoms with Crippen LogP contribution in [-0.2, 0) is 4.74 Å². The van der Waals surface area contributed by atoms with E-state index in [0.29, 0.717) is 35.6 Å². The summed E-state index contributed by atoms with van der Waals surface area (Å²) >= 11 is 1.45. The van der Waals surface area contributed by atoms with Crippen molar-refractivity contribution in [3.8, 4) is 5.88 Å². The number of rotatable bonds is 5. The highest BCUT2D eigenvalue weighted by Gasteiger charge is 2.27. The SMILES string of the molecule is COCC1CCN(C(=O)Nc2nc3c(OC)ncc(C4=CC=NCC4)c3s2)C1. The third-order valence-corrected chi connectivity index (χ3v) is 6.01. The highest BCUT2D eigenvalue weighted by atomic mass is 32.1. The second-order valence-corrected chi connectivity index (χ2v) is 7.86. The second kappa shape index (κ2) is 8.24. The van der Waals surface area contributed by atoms with Gasteiger partial charge in [-0.25, -0.2) is 14.8 Å². The molecule has 4 heterocycles. The molecule has 2 aromatic rings. The molecule has 4 rings (SSSR count). The van der Waals surface area contributed by atoms with E-state index in [1.54, 1.807) is 14.2 Å². The fourth-order valence-electron chi connectivity index (χ4n) is 3.59. The number of hydrogen-bond donors (Lipinski definition) is 1. The minimum Gasteiger partial charge on any atom is -0.479 e. The first-order valence-electron chi connectivity index (χ1n) is 9.27. The molecule has 1 N–H and O–H groups in total. The number of urea groups is 1. The summed E-state index contributed by atoms with van der Waals surface area (Å²) in [6.07, 6.45) is 7.45. The lowest BCUT2D eigenvalue weighted by Gasteiger charge is -2.16. The average Bonchev–Trinajstić information content (AvgIpc) is 3.35. The Bertz CT molecular complexity index is 939. The summed E-state index contributed by atoms with van der Waals surface area (Å²) < 4.78 is 11.5. The monoisotopic (exact) mass is 401 g/mol. The summed E-state index contributed by atoms with van der Waals surface area (Å²) in [5.74, 6) is 0.851. The van der Waals surface area contributed by atoms with E-state index < -0.39 is 0 Å². The molecule has 0 aromatic carbocycles. The van der Waals surface area contributed by atoms with Crippen molar-refractivity contribution < 1.29 is 14.3 Å². The molecular formula is C19H23N5O3S. The first kappa shape index (κ1) is 18.8. The van der Waals surface area contributed by atoms with Gasteiger partial charge in [0.25, 0.3) is 0 Å². The highest BCUT2D eigenvalue weighted by molar-refractivity contribution is 7.22. The van der Waals surface area contributed by atoms with Crippen LogP contribution in [-0.4, -0.2) is 67.6 Å². The fourth-order valence-corrected chi connectivity index (χ4v) is 4.58. The predicted octanol–water partition coefficient (Wildman–Crippen LogP) is 3.06. The lowest BCUT2D eigenvalue weighted by molar-refractivity contribution is 0.154. The van der Waals surface area contributed by atoms with Crippen LogP contribution < -0.4 is 10.1 Å². The number of carbonyl (C=O) groups is 1. The van der Waals surface area contributed by atoms with Crippen molar-refractivity contribution in [1.82, 2.24) is 14.9 Å². The van der Waals surface area contributed by atoms with Gasteiger partial charge in [-0.3, -0.25) is 10.3 Å². The van der Waals surface area contributed by atoms with Crippen LogP contribution in [0.4, 0.5) is 9.93 Å². The van der Waals surface area contributed by atoms with Gasteiger partial charge in [0.05, 0.1) is 18.4 Å². The molecule has 8 nitrogen and oxygen atoms in total. The fraction of sp³-hybridized carbons (Fsp3) is 0.474. The number of likely N-dealkylation sites (tertiary alicyclic amines) is 1. The van der Waals surface area contributed by atoms with Gasteiger partial charge in [-0.05, 0) is 24.5 Å². The van der Waals surface area contributed by atoms with E-state index in [-0.39, 0.29) is 6.03 Å². The van der Waals surface area contributed by atoms with Gasteiger partial charge in [-0.1, -0.05) is 11.3 Å². The standard InChI is InChI=1S/C19H23N5O3S/c1-26-11-12-5-8-24(10-12)19(25)23-18-22-15-16(28-18)14(9-21-17(15)27-2)13-3-6-20-7-4-13/h3,6,9,12H,4-5,7-8,10-11H2,1-2H3,(H,22,23,25). The number of carbonyl (C=O) groups excluding carboxylic acids is 1. The molecule has 1 atom stereocenters. The summed E-state index contributed by atoms with van der Waals surface area (Å²) in [7, 11) is 3.27. The zero-order valence-corrected chi connectivity index (χ0v) is 16.8. The van der Waals surface area contributed by atoms with Crippen molar-refractivity contribution in [2.75, 3.05) is 45.8 Å². The Kier molecular flexibility index (Phi) is 5.54. The number of amides is 2. The average molecular weight is 401 g/mol. The number of fused-ring (bicyclic) bond motifs is 1. The van der Waals surface area contributed by atoms with Crippen LogP contribution in [0.15, 0.2) is 17.3 Å². The molecule has 0 bridgehead atoms. The van der Waals surface area contributed by atoms with Crippen molar-refractivity contribution in [3.63, 3.8) is 0 Å². The van der Waals surface area contributed by atoms with Gasteiger partial charge in [0.15, 0.2) is 5.13 Å². The molecule has 0 aliphatic carbocycles. The van der Waals surface area contributed by atoms with Crippen molar-refractivity contribution in [2.24, 2.45) is 10.9 Å². The van der Waals surface area contributed by atoms with Crippen LogP contribution in [0, 0.1) is 5.92 Å². The molecule has 9 heteroatoms. The smallest absolute Gasteiger partial charge is 0.323 e. The van der Waals surface area contributed by atoms with Crippen LogP contribution in [0.1, 0.15) is 18.4 Å². The number of dihydropyridines is 1. The van der Waals surface area contributed by atoms with Crippen molar-refractivity contribution in [3.05, 3.63) is 17.8 Å². The Balaban J connectivity index is 1.59. The summed E-state index contributed by atoms with van der Waals surface area (Å²) in [6, 6.07) is -0.129. The molecule has 2 amide bonds. The number of pyridine rings is 1. The van der Waals surface area contributed by atoms with Crippen molar-refractivity contribution >= 4 is 44.5 Å². The maximum atomic E-state index is 12.6. The van der Waals surface area contributed by atoms with Crippen LogP contribution in [0.5, 0.6) is 5.88 Å². The van der Waals surface area contributed by atoms with E-state index in [4.69, 9.17) is 9.47 Å². The third kappa shape index (κ3) is 3.72. The van der Waals surface area contributed by atoms with Gasteiger partial charge in [-0.2, -0.15) is 0 Å². The van der Waals surface area contributed by atoms with E-state index in [9.17, 15) is 4.79 Å². The number of thiazole rings is 1. The highest BCUT2D eigenvalue weighted by Crippen LogP contribution is 2.37. The number of aliphatic imine (C=N–C) groups is 1. The minimum absolute atomic E-state index is 0.129. The van der Waals surface area contributed by atoms with E-state index in [1.165, 1.54) is 16.9 Å². The maximum absolute atomic E-state index is 12.6. The van der Waals surface area contributed by atoms with Gasteiger partial charge in [0.1, 0.15) is 5.52 Å². The molecule has 148 valence electrons. The number of ether oxygens (including phenoxy) is 2. The largest absolute Gasteiger partial charge is 0.479 e. The zero-order chi connectivity index (χ0) is 19.5. The first-order chi connectivity index (χ1) is 13.7. The summed E-state index contributed by atoms with van der Waals surface area (Å²) in [4.78, 5) is 27.7. The molecule has 28 heavy (non-hydrogen) atoms. The van der Waals surface area contributed by atoms with Crippen LogP contribution in [0.3, 0.4) is 0 Å². The van der Waals surface area contributed by atoms with Crippen molar-refractivity contribution in [2.45, 2.75) is 12.8 Å². The van der Waals surface area contributed by atoms with Crippen LogP contribution in [0.25, 0.3) is 15.8 Å². The molecule has 0 radical (unpaired) electrons. The molecule has 0 spiro atoms. The zero-order valence-electron chi connectivity index (χ0n) is 16.0. The van der Waals surface area contributed by atoms with Gasteiger partial charge in [0.2, 0.25) is 5.88 Å². The molecule has 2 aliphatic rings. The van der Waals surface area contributed by atoms with Crippen LogP contribution in [0.2, 0.25) is 0 Å². The molecule has 2 aromatic heterocycles. The van der Waals surface area contributed by atoms with E-state index in [2.05, 4.69) is 20.3 Å². The maximum Gasteiger partial charge on any atom is 0.323 e. The molecular weight excluding hydrogens is 378 g/mol. The lowest BCUT2D eigenvalue weighted by Crippen LogP contribution is -2.33. The van der Waals surface area contributed by atoms with Gasteiger partial charge < -0.3 is 14.4 Å². The molecule has 1 saturated heterocycles. The van der Waals surface area contributed by atoms with Crippen molar-refractivity contribution in [1.29, 1.82) is 0 Å². The molecule has 1 fully saturated rings. The number of anilines is 1. The second-order valence-electron chi connectivity index (χ2n) is 6.86. The topological polar surface area (TPSA) is 88.9 Å². The number of methoxy groups -OCH3 is 2. The van der Waals surface area contributed by atoms with E-state index in [1.807, 2.05) is 23.4 Å². The number of nitrogens with one attached hydrogen (secondary N) is 1. The Morgan fingerprint density at radius 1 is 1.43 bits per heavy atom. The normalized spacial score (nSPS) is 19.1. The Morgan fingerprint density at radius 3 is 3.07 bits per heavy atom. The van der Waals surface area contributed by atoms with Gasteiger partial charge in [0, 0.05) is 50.6 Å². The van der Waals surface area contributed by atoms with Gasteiger partial charge in [-0.15, -0.1) is 0 Å². The number of hydrogen-bond acceptors (Lipinski definition) is 7. The molecule has 1 unspecified atom stereocenters. The lowest BCUT2D eigenvalue weighted by atomic mass is 10.0. The Morgan fingerprint density at radius 2 is 2.32 bits per heavy atom. The van der Waals surface area contributed by atoms with Crippen LogP contribution >= 0.6 is 11.3 Å². The molecule has 0 saturated carbocycles. The Labute approximate surface area is 167 Å².